The Morgan fingerprint density at radius 2 is 2.20 bits per heavy atom. The van der Waals surface area contributed by atoms with Gasteiger partial charge in [0.15, 0.2) is 17.0 Å². The lowest BCUT2D eigenvalue weighted by Crippen LogP contribution is -2.05. The first kappa shape index (κ1) is 12.8. The molecule has 8 nitrogen and oxygen atoms in total. The van der Waals surface area contributed by atoms with Crippen LogP contribution in [-0.4, -0.2) is 36.8 Å². The number of aromatic nitrogens is 6. The zero-order valence-corrected chi connectivity index (χ0v) is 11.6. The van der Waals surface area contributed by atoms with E-state index in [1.54, 1.807) is 11.5 Å². The van der Waals surface area contributed by atoms with Gasteiger partial charge in [-0.3, -0.25) is 0 Å². The van der Waals surface area contributed by atoms with Crippen LogP contribution in [0.3, 0.4) is 0 Å². The smallest absolute Gasteiger partial charge is 0.246 e. The molecule has 0 spiro atoms. The molecule has 9 heteroatoms. The van der Waals surface area contributed by atoms with E-state index < -0.39 is 0 Å². The van der Waals surface area contributed by atoms with Crippen molar-refractivity contribution in [1.82, 2.24) is 29.7 Å². The fourth-order valence-electron chi connectivity index (χ4n) is 1.92. The first-order chi connectivity index (χ1) is 9.72. The summed E-state index contributed by atoms with van der Waals surface area (Å²) in [5.41, 5.74) is 1.17. The van der Waals surface area contributed by atoms with Crippen molar-refractivity contribution in [3.8, 4) is 5.88 Å². The van der Waals surface area contributed by atoms with Crippen LogP contribution < -0.4 is 4.74 Å². The lowest BCUT2D eigenvalue weighted by atomic mass is 10.5. The summed E-state index contributed by atoms with van der Waals surface area (Å²) < 4.78 is 12.1. The molecule has 0 unspecified atom stereocenters. The van der Waals surface area contributed by atoms with E-state index in [1.807, 2.05) is 0 Å². The molecule has 0 atom stereocenters. The van der Waals surface area contributed by atoms with Gasteiger partial charge in [-0.2, -0.15) is 9.97 Å². The van der Waals surface area contributed by atoms with Gasteiger partial charge in [0, 0.05) is 0 Å². The molecular weight excluding hydrogens is 284 g/mol. The third-order valence-electron chi connectivity index (χ3n) is 2.75. The molecule has 0 bridgehead atoms. The van der Waals surface area contributed by atoms with E-state index in [-0.39, 0.29) is 5.88 Å². The van der Waals surface area contributed by atoms with E-state index in [0.717, 1.165) is 0 Å². The number of ether oxygens (including phenoxy) is 1. The van der Waals surface area contributed by atoms with Gasteiger partial charge in [0.1, 0.15) is 18.7 Å². The van der Waals surface area contributed by atoms with Crippen molar-refractivity contribution in [1.29, 1.82) is 0 Å². The summed E-state index contributed by atoms with van der Waals surface area (Å²) in [6, 6.07) is 0. The molecule has 0 aliphatic heterocycles. The maximum absolute atomic E-state index is 5.93. The number of alkyl halides is 1. The number of aryl methyl sites for hydroxylation is 1. The van der Waals surface area contributed by atoms with Gasteiger partial charge in [-0.25, -0.2) is 9.97 Å². The Morgan fingerprint density at radius 3 is 2.85 bits per heavy atom. The number of hydrogen-bond acceptors (Lipinski definition) is 7. The highest BCUT2D eigenvalue weighted by atomic mass is 35.5. The van der Waals surface area contributed by atoms with Crippen LogP contribution in [0.4, 0.5) is 0 Å². The van der Waals surface area contributed by atoms with Crippen molar-refractivity contribution in [3.05, 3.63) is 23.9 Å². The fourth-order valence-corrected chi connectivity index (χ4v) is 2.12. The van der Waals surface area contributed by atoms with Gasteiger partial charge in [-0.1, -0.05) is 5.16 Å². The predicted octanol–water partition coefficient (Wildman–Crippen LogP) is 1.31. The highest BCUT2D eigenvalue weighted by molar-refractivity contribution is 6.16. The SMILES string of the molecule is COc1ncnc2c1nc(CCl)n2Cc1nc(C)no1. The second-order valence-corrected chi connectivity index (χ2v) is 4.31. The zero-order valence-electron chi connectivity index (χ0n) is 10.9. The van der Waals surface area contributed by atoms with E-state index in [1.165, 1.54) is 13.4 Å². The summed E-state index contributed by atoms with van der Waals surface area (Å²) in [7, 11) is 1.53. The second-order valence-electron chi connectivity index (χ2n) is 4.04. The van der Waals surface area contributed by atoms with Gasteiger partial charge in [0.05, 0.1) is 13.0 Å². The van der Waals surface area contributed by atoms with Gasteiger partial charge in [0.25, 0.3) is 0 Å². The number of nitrogens with zero attached hydrogens (tertiary/aromatic N) is 6. The normalized spacial score (nSPS) is 11.2. The maximum atomic E-state index is 5.93. The minimum atomic E-state index is 0.229. The van der Waals surface area contributed by atoms with Crippen molar-refractivity contribution in [2.75, 3.05) is 7.11 Å². The van der Waals surface area contributed by atoms with Crippen molar-refractivity contribution in [2.45, 2.75) is 19.3 Å². The molecule has 3 aromatic heterocycles. The van der Waals surface area contributed by atoms with Crippen LogP contribution in [0.1, 0.15) is 17.5 Å². The third-order valence-corrected chi connectivity index (χ3v) is 2.99. The summed E-state index contributed by atoms with van der Waals surface area (Å²) in [6.07, 6.45) is 1.41. The molecule has 3 heterocycles. The quantitative estimate of drug-likeness (QED) is 0.670. The monoisotopic (exact) mass is 294 g/mol. The number of fused-ring (bicyclic) bond motifs is 1. The van der Waals surface area contributed by atoms with E-state index in [4.69, 9.17) is 20.9 Å². The summed E-state index contributed by atoms with van der Waals surface area (Å²) in [6.45, 7) is 2.10. The molecule has 0 amide bonds. The minimum Gasteiger partial charge on any atom is -0.479 e. The summed E-state index contributed by atoms with van der Waals surface area (Å²) in [4.78, 5) is 16.8. The van der Waals surface area contributed by atoms with Crippen molar-refractivity contribution < 1.29 is 9.26 Å². The number of hydrogen-bond donors (Lipinski definition) is 0. The van der Waals surface area contributed by atoms with Crippen LogP contribution in [-0.2, 0) is 12.4 Å². The number of methoxy groups -OCH3 is 1. The van der Waals surface area contributed by atoms with Crippen molar-refractivity contribution in [3.63, 3.8) is 0 Å². The van der Waals surface area contributed by atoms with Gasteiger partial charge in [-0.15, -0.1) is 11.6 Å². The molecule has 0 radical (unpaired) electrons. The van der Waals surface area contributed by atoms with Gasteiger partial charge in [0.2, 0.25) is 11.8 Å². The molecule has 0 N–H and O–H groups in total. The summed E-state index contributed by atoms with van der Waals surface area (Å²) in [5, 5.41) is 3.76. The summed E-state index contributed by atoms with van der Waals surface area (Å²) in [5.74, 6) is 2.31. The maximum Gasteiger partial charge on any atom is 0.246 e. The van der Waals surface area contributed by atoms with Crippen molar-refractivity contribution in [2.24, 2.45) is 0 Å². The topological polar surface area (TPSA) is 91.8 Å². The van der Waals surface area contributed by atoms with Gasteiger partial charge < -0.3 is 13.8 Å². The molecule has 20 heavy (non-hydrogen) atoms. The van der Waals surface area contributed by atoms with Gasteiger partial charge in [-0.05, 0) is 6.92 Å². The highest BCUT2D eigenvalue weighted by Gasteiger charge is 2.17. The van der Waals surface area contributed by atoms with Crippen LogP contribution in [0.15, 0.2) is 10.9 Å². The molecule has 0 aliphatic rings. The van der Waals surface area contributed by atoms with Crippen LogP contribution >= 0.6 is 11.6 Å². The Balaban J connectivity index is 2.13. The first-order valence-corrected chi connectivity index (χ1v) is 6.35. The van der Waals surface area contributed by atoms with Crippen LogP contribution in [0.5, 0.6) is 5.88 Å². The molecule has 0 saturated heterocycles. The Labute approximate surface area is 118 Å². The van der Waals surface area contributed by atoms with E-state index in [2.05, 4.69) is 25.1 Å². The standard InChI is InChI=1S/C11H11ClN6O2/c1-6-15-8(20-17-6)4-18-7(3-12)16-9-10(18)13-5-14-11(9)19-2/h5H,3-4H2,1-2H3. The Morgan fingerprint density at radius 1 is 1.35 bits per heavy atom. The molecule has 3 rings (SSSR count). The lowest BCUT2D eigenvalue weighted by Gasteiger charge is -2.03. The molecule has 104 valence electrons. The average Bonchev–Trinajstić information content (AvgIpc) is 3.03. The lowest BCUT2D eigenvalue weighted by molar-refractivity contribution is 0.367. The summed E-state index contributed by atoms with van der Waals surface area (Å²) >= 11 is 5.93. The van der Waals surface area contributed by atoms with Crippen LogP contribution in [0, 0.1) is 6.92 Å². The van der Waals surface area contributed by atoms with Crippen LogP contribution in [0.2, 0.25) is 0 Å². The zero-order chi connectivity index (χ0) is 14.1. The second kappa shape index (κ2) is 5.04. The molecule has 3 aromatic rings. The minimum absolute atomic E-state index is 0.229. The number of imidazole rings is 1. The molecule has 0 aliphatic carbocycles. The molecule has 0 fully saturated rings. The predicted molar refractivity (Wildman–Crippen MR) is 69.6 cm³/mol. The van der Waals surface area contributed by atoms with E-state index in [0.29, 0.717) is 41.1 Å². The number of rotatable bonds is 4. The Hall–Kier alpha value is -2.22. The molecule has 0 saturated carbocycles. The Kier molecular flexibility index (Phi) is 3.23. The molecule has 0 aromatic carbocycles. The van der Waals surface area contributed by atoms with Crippen LogP contribution in [0.25, 0.3) is 11.2 Å². The Bertz CT molecular complexity index is 753. The molecular formula is C11H11ClN6O2. The van der Waals surface area contributed by atoms with Gasteiger partial charge >= 0.3 is 0 Å². The third kappa shape index (κ3) is 2.07. The highest BCUT2D eigenvalue weighted by Crippen LogP contribution is 2.23. The number of halogens is 1. The van der Waals surface area contributed by atoms with E-state index >= 15 is 0 Å². The largest absolute Gasteiger partial charge is 0.479 e. The first-order valence-electron chi connectivity index (χ1n) is 5.82. The fraction of sp³-hybridized carbons (Fsp3) is 0.364. The van der Waals surface area contributed by atoms with E-state index in [9.17, 15) is 0 Å². The average molecular weight is 295 g/mol. The van der Waals surface area contributed by atoms with Crippen molar-refractivity contribution >= 4 is 22.8 Å².